The Hall–Kier alpha value is -3.84. The van der Waals surface area contributed by atoms with Gasteiger partial charge in [0.1, 0.15) is 11.5 Å². The van der Waals surface area contributed by atoms with Gasteiger partial charge in [0.15, 0.2) is 13.2 Å². The minimum absolute atomic E-state index is 0.101. The topological polar surface area (TPSA) is 97.1 Å². The third-order valence-corrected chi connectivity index (χ3v) is 5.67. The minimum atomic E-state index is -0.380. The lowest BCUT2D eigenvalue weighted by atomic mass is 9.84. The van der Waals surface area contributed by atoms with E-state index in [2.05, 4.69) is 13.8 Å². The Morgan fingerprint density at radius 3 is 1.46 bits per heavy atom. The number of nitrogens with two attached hydrogens (primary N) is 1. The summed E-state index contributed by atoms with van der Waals surface area (Å²) < 4.78 is 20.7. The van der Waals surface area contributed by atoms with Gasteiger partial charge in [0, 0.05) is 12.5 Å². The van der Waals surface area contributed by atoms with Crippen molar-refractivity contribution in [3.05, 3.63) is 95.6 Å². The van der Waals surface area contributed by atoms with E-state index in [-0.39, 0.29) is 31.1 Å². The van der Waals surface area contributed by atoms with Crippen molar-refractivity contribution in [1.29, 1.82) is 0 Å². The highest BCUT2D eigenvalue weighted by molar-refractivity contribution is 5.71. The molecule has 3 aromatic rings. The fourth-order valence-corrected chi connectivity index (χ4v) is 3.83. The van der Waals surface area contributed by atoms with Crippen LogP contribution in [-0.2, 0) is 25.6 Å². The SMILES string of the molecule is CCOC(=O)COc1ccc(C(CC(C)C)c2ccc(OCC(=O)OCC)cc2)cc1.NCc1ccccc1. The van der Waals surface area contributed by atoms with Crippen LogP contribution in [0.4, 0.5) is 0 Å². The maximum absolute atomic E-state index is 11.5. The van der Waals surface area contributed by atoms with Crippen LogP contribution < -0.4 is 15.2 Å². The summed E-state index contributed by atoms with van der Waals surface area (Å²) in [6.07, 6.45) is 0.978. The van der Waals surface area contributed by atoms with E-state index in [4.69, 9.17) is 24.7 Å². The van der Waals surface area contributed by atoms with Crippen LogP contribution in [0.1, 0.15) is 56.7 Å². The Labute approximate surface area is 232 Å². The summed E-state index contributed by atoms with van der Waals surface area (Å²) in [7, 11) is 0. The Morgan fingerprint density at radius 2 is 1.13 bits per heavy atom. The first kappa shape index (κ1) is 31.4. The lowest BCUT2D eigenvalue weighted by molar-refractivity contribution is -0.146. The zero-order valence-electron chi connectivity index (χ0n) is 23.4. The monoisotopic (exact) mass is 535 g/mol. The van der Waals surface area contributed by atoms with Gasteiger partial charge in [-0.25, -0.2) is 9.59 Å². The van der Waals surface area contributed by atoms with Crippen LogP contribution in [0.2, 0.25) is 0 Å². The zero-order chi connectivity index (χ0) is 28.5. The molecular weight excluding hydrogens is 494 g/mol. The van der Waals surface area contributed by atoms with Crippen molar-refractivity contribution in [2.24, 2.45) is 11.7 Å². The van der Waals surface area contributed by atoms with Gasteiger partial charge < -0.3 is 24.7 Å². The summed E-state index contributed by atoms with van der Waals surface area (Å²) >= 11 is 0. The van der Waals surface area contributed by atoms with Crippen molar-refractivity contribution in [2.75, 3.05) is 26.4 Å². The van der Waals surface area contributed by atoms with Gasteiger partial charge in [0.05, 0.1) is 13.2 Å². The van der Waals surface area contributed by atoms with Crippen LogP contribution in [0.5, 0.6) is 11.5 Å². The van der Waals surface area contributed by atoms with Gasteiger partial charge in [-0.1, -0.05) is 68.4 Å². The Morgan fingerprint density at radius 1 is 0.692 bits per heavy atom. The normalized spacial score (nSPS) is 10.4. The number of hydrogen-bond donors (Lipinski definition) is 1. The quantitative estimate of drug-likeness (QED) is 0.272. The molecule has 0 saturated carbocycles. The number of carbonyl (C=O) groups excluding carboxylic acids is 2. The van der Waals surface area contributed by atoms with Crippen molar-refractivity contribution < 1.29 is 28.5 Å². The fraction of sp³-hybridized carbons (Fsp3) is 0.375. The third kappa shape index (κ3) is 12.0. The first-order valence-electron chi connectivity index (χ1n) is 13.4. The molecule has 0 fully saturated rings. The number of hydrogen-bond acceptors (Lipinski definition) is 7. The van der Waals surface area contributed by atoms with Crippen molar-refractivity contribution in [2.45, 2.75) is 46.6 Å². The fourth-order valence-electron chi connectivity index (χ4n) is 3.83. The van der Waals surface area contributed by atoms with Crippen LogP contribution in [0.3, 0.4) is 0 Å². The average Bonchev–Trinajstić information content (AvgIpc) is 2.95. The standard InChI is InChI=1S/C25H32O6.C7H9N/c1-5-28-24(26)16-30-21-11-7-19(8-12-21)23(15-18(3)4)20-9-13-22(14-10-20)31-17-25(27)29-6-2;8-6-7-4-2-1-3-5-7/h7-14,18,23H,5-6,15-17H2,1-4H3;1-5H,6,8H2. The van der Waals surface area contributed by atoms with E-state index in [1.54, 1.807) is 13.8 Å². The molecule has 0 spiro atoms. The second-order valence-corrected chi connectivity index (χ2v) is 9.20. The number of ether oxygens (including phenoxy) is 4. The molecule has 3 aromatic carbocycles. The highest BCUT2D eigenvalue weighted by Gasteiger charge is 2.17. The second kappa shape index (κ2) is 17.6. The van der Waals surface area contributed by atoms with Crippen LogP contribution in [-0.4, -0.2) is 38.4 Å². The first-order chi connectivity index (χ1) is 18.9. The number of esters is 2. The largest absolute Gasteiger partial charge is 0.482 e. The van der Waals surface area contributed by atoms with E-state index in [0.29, 0.717) is 37.2 Å². The summed E-state index contributed by atoms with van der Waals surface area (Å²) in [5.41, 5.74) is 8.87. The summed E-state index contributed by atoms with van der Waals surface area (Å²) in [6, 6.07) is 25.6. The molecule has 0 radical (unpaired) electrons. The highest BCUT2D eigenvalue weighted by Crippen LogP contribution is 2.33. The summed E-state index contributed by atoms with van der Waals surface area (Å²) in [5.74, 6) is 1.21. The minimum Gasteiger partial charge on any atom is -0.482 e. The van der Waals surface area contributed by atoms with E-state index in [1.165, 1.54) is 5.56 Å². The molecule has 3 rings (SSSR count). The van der Waals surface area contributed by atoms with Crippen LogP contribution in [0.15, 0.2) is 78.9 Å². The molecule has 7 nitrogen and oxygen atoms in total. The maximum atomic E-state index is 11.5. The molecule has 210 valence electrons. The van der Waals surface area contributed by atoms with E-state index in [0.717, 1.165) is 17.5 Å². The van der Waals surface area contributed by atoms with Gasteiger partial charge in [0.2, 0.25) is 0 Å². The molecule has 0 aliphatic rings. The lowest BCUT2D eigenvalue weighted by Gasteiger charge is -2.21. The average molecular weight is 536 g/mol. The van der Waals surface area contributed by atoms with Gasteiger partial charge in [-0.05, 0) is 67.1 Å². The van der Waals surface area contributed by atoms with E-state index in [1.807, 2.05) is 78.9 Å². The summed E-state index contributed by atoms with van der Waals surface area (Å²) in [6.45, 7) is 9.03. The molecule has 0 heterocycles. The summed E-state index contributed by atoms with van der Waals surface area (Å²) in [4.78, 5) is 22.9. The van der Waals surface area contributed by atoms with Gasteiger partial charge in [0.25, 0.3) is 0 Å². The van der Waals surface area contributed by atoms with Gasteiger partial charge in [-0.3, -0.25) is 0 Å². The summed E-state index contributed by atoms with van der Waals surface area (Å²) in [5, 5.41) is 0. The predicted molar refractivity (Wildman–Crippen MR) is 153 cm³/mol. The number of rotatable bonds is 13. The highest BCUT2D eigenvalue weighted by atomic mass is 16.6. The Balaban J connectivity index is 0.000000568. The molecule has 0 aliphatic carbocycles. The van der Waals surface area contributed by atoms with Crippen LogP contribution in [0, 0.1) is 5.92 Å². The van der Waals surface area contributed by atoms with Crippen LogP contribution >= 0.6 is 0 Å². The van der Waals surface area contributed by atoms with Gasteiger partial charge in [-0.15, -0.1) is 0 Å². The second-order valence-electron chi connectivity index (χ2n) is 9.20. The molecule has 0 amide bonds. The van der Waals surface area contributed by atoms with E-state index >= 15 is 0 Å². The molecule has 2 N–H and O–H groups in total. The molecule has 0 unspecified atom stereocenters. The lowest BCUT2D eigenvalue weighted by Crippen LogP contribution is -2.14. The number of benzene rings is 3. The maximum Gasteiger partial charge on any atom is 0.344 e. The molecule has 0 aliphatic heterocycles. The van der Waals surface area contributed by atoms with Crippen molar-refractivity contribution in [3.8, 4) is 11.5 Å². The molecule has 7 heteroatoms. The first-order valence-corrected chi connectivity index (χ1v) is 13.4. The molecule has 0 atom stereocenters. The Bertz CT molecular complexity index is 1030. The third-order valence-electron chi connectivity index (χ3n) is 5.67. The molecule has 0 bridgehead atoms. The van der Waals surface area contributed by atoms with Crippen molar-refractivity contribution in [3.63, 3.8) is 0 Å². The molecular formula is C32H41NO6. The smallest absolute Gasteiger partial charge is 0.344 e. The zero-order valence-corrected chi connectivity index (χ0v) is 23.4. The van der Waals surface area contributed by atoms with E-state index < -0.39 is 0 Å². The van der Waals surface area contributed by atoms with Crippen molar-refractivity contribution in [1.82, 2.24) is 0 Å². The van der Waals surface area contributed by atoms with E-state index in [9.17, 15) is 9.59 Å². The van der Waals surface area contributed by atoms with Crippen molar-refractivity contribution >= 4 is 11.9 Å². The molecule has 0 aromatic heterocycles. The molecule has 0 saturated heterocycles. The number of carbonyl (C=O) groups is 2. The van der Waals surface area contributed by atoms with Crippen LogP contribution in [0.25, 0.3) is 0 Å². The van der Waals surface area contributed by atoms with Gasteiger partial charge >= 0.3 is 11.9 Å². The predicted octanol–water partition coefficient (Wildman–Crippen LogP) is 5.89. The van der Waals surface area contributed by atoms with Gasteiger partial charge in [-0.2, -0.15) is 0 Å². The Kier molecular flexibility index (Phi) is 14.2. The molecule has 39 heavy (non-hydrogen) atoms.